The van der Waals surface area contributed by atoms with Crippen LogP contribution >= 0.6 is 0 Å². The zero-order valence-corrected chi connectivity index (χ0v) is 16.2. The molecule has 4 aromatic carbocycles. The Morgan fingerprint density at radius 1 is 0.414 bits per heavy atom. The molecule has 138 valence electrons. The van der Waals surface area contributed by atoms with E-state index in [4.69, 9.17) is 9.97 Å². The van der Waals surface area contributed by atoms with Gasteiger partial charge in [0.25, 0.3) is 0 Å². The molecule has 0 aliphatic rings. The number of aromatic nitrogens is 2. The maximum Gasteiger partial charge on any atom is 0.0973 e. The highest BCUT2D eigenvalue weighted by Gasteiger charge is 2.13. The number of aryl methyl sites for hydroxylation is 1. The van der Waals surface area contributed by atoms with E-state index in [1.165, 1.54) is 16.7 Å². The van der Waals surface area contributed by atoms with Crippen molar-refractivity contribution in [1.29, 1.82) is 0 Å². The Morgan fingerprint density at radius 2 is 0.828 bits per heavy atom. The van der Waals surface area contributed by atoms with Gasteiger partial charge in [-0.15, -0.1) is 0 Å². The molecule has 5 aromatic rings. The molecule has 0 unspecified atom stereocenters. The summed E-state index contributed by atoms with van der Waals surface area (Å²) in [6, 6.07) is 35.5. The van der Waals surface area contributed by atoms with Crippen LogP contribution in [0.25, 0.3) is 44.7 Å². The highest BCUT2D eigenvalue weighted by atomic mass is 14.8. The minimum Gasteiger partial charge on any atom is -0.244 e. The lowest BCUT2D eigenvalue weighted by Gasteiger charge is -2.11. The number of para-hydroxylation sites is 2. The normalized spacial score (nSPS) is 10.9. The molecular weight excluding hydrogens is 352 g/mol. The van der Waals surface area contributed by atoms with Gasteiger partial charge in [-0.2, -0.15) is 0 Å². The summed E-state index contributed by atoms with van der Waals surface area (Å²) < 4.78 is 0. The summed E-state index contributed by atoms with van der Waals surface area (Å²) in [7, 11) is 0. The smallest absolute Gasteiger partial charge is 0.0973 e. The van der Waals surface area contributed by atoms with Gasteiger partial charge < -0.3 is 0 Å². The second-order valence-electron chi connectivity index (χ2n) is 7.22. The van der Waals surface area contributed by atoms with Crippen molar-refractivity contribution in [2.24, 2.45) is 0 Å². The van der Waals surface area contributed by atoms with Gasteiger partial charge >= 0.3 is 0 Å². The first-order chi connectivity index (χ1) is 14.3. The molecule has 0 saturated carbocycles. The molecule has 0 saturated heterocycles. The summed E-state index contributed by atoms with van der Waals surface area (Å²) >= 11 is 0. The first-order valence-electron chi connectivity index (χ1n) is 9.78. The molecule has 0 N–H and O–H groups in total. The molecule has 0 fully saturated rings. The molecule has 0 aliphatic carbocycles. The average Bonchev–Trinajstić information content (AvgIpc) is 2.79. The number of benzene rings is 4. The van der Waals surface area contributed by atoms with Crippen molar-refractivity contribution in [2.75, 3.05) is 0 Å². The lowest BCUT2D eigenvalue weighted by Crippen LogP contribution is -1.95. The molecule has 1 aromatic heterocycles. The van der Waals surface area contributed by atoms with Crippen molar-refractivity contribution >= 4 is 11.0 Å². The number of hydrogen-bond acceptors (Lipinski definition) is 2. The van der Waals surface area contributed by atoms with Crippen LogP contribution in [0, 0.1) is 6.92 Å². The molecule has 0 atom stereocenters. The number of fused-ring (bicyclic) bond motifs is 1. The van der Waals surface area contributed by atoms with E-state index in [9.17, 15) is 0 Å². The number of hydrogen-bond donors (Lipinski definition) is 0. The van der Waals surface area contributed by atoms with Crippen LogP contribution in [0.1, 0.15) is 5.56 Å². The fraction of sp³-hybridized carbons (Fsp3) is 0.0370. The molecule has 0 bridgehead atoms. The monoisotopic (exact) mass is 372 g/mol. The standard InChI is InChI=1S/C27H20N2/c1-19-11-13-20(14-12-19)21-15-17-23(18-16-21)27-26(22-7-3-2-4-8-22)28-24-9-5-6-10-25(24)29-27/h2-18H,1H3. The fourth-order valence-corrected chi connectivity index (χ4v) is 3.57. The Balaban J connectivity index is 1.64. The molecule has 0 aliphatic heterocycles. The molecule has 0 radical (unpaired) electrons. The lowest BCUT2D eigenvalue weighted by molar-refractivity contribution is 1.29. The predicted molar refractivity (Wildman–Crippen MR) is 121 cm³/mol. The number of rotatable bonds is 3. The third-order valence-corrected chi connectivity index (χ3v) is 5.16. The van der Waals surface area contributed by atoms with E-state index < -0.39 is 0 Å². The van der Waals surface area contributed by atoms with Gasteiger partial charge in [0.05, 0.1) is 22.4 Å². The van der Waals surface area contributed by atoms with Crippen LogP contribution in [0.5, 0.6) is 0 Å². The van der Waals surface area contributed by atoms with E-state index in [0.717, 1.165) is 33.5 Å². The van der Waals surface area contributed by atoms with E-state index in [2.05, 4.69) is 67.6 Å². The molecule has 1 heterocycles. The third-order valence-electron chi connectivity index (χ3n) is 5.16. The predicted octanol–water partition coefficient (Wildman–Crippen LogP) is 6.94. The minimum absolute atomic E-state index is 0.907. The number of nitrogens with zero attached hydrogens (tertiary/aromatic N) is 2. The highest BCUT2D eigenvalue weighted by molar-refractivity contribution is 5.86. The molecule has 2 nitrogen and oxygen atoms in total. The van der Waals surface area contributed by atoms with Gasteiger partial charge in [-0.05, 0) is 30.2 Å². The van der Waals surface area contributed by atoms with Crippen LogP contribution in [0.4, 0.5) is 0 Å². The van der Waals surface area contributed by atoms with Crippen LogP contribution < -0.4 is 0 Å². The molecule has 5 rings (SSSR count). The van der Waals surface area contributed by atoms with Crippen LogP contribution in [-0.2, 0) is 0 Å². The molecule has 29 heavy (non-hydrogen) atoms. The summed E-state index contributed by atoms with van der Waals surface area (Å²) in [6.45, 7) is 2.11. The maximum absolute atomic E-state index is 4.97. The summed E-state index contributed by atoms with van der Waals surface area (Å²) in [5.41, 5.74) is 9.46. The molecular formula is C27H20N2. The summed E-state index contributed by atoms with van der Waals surface area (Å²) in [5, 5.41) is 0. The van der Waals surface area contributed by atoms with E-state index in [1.54, 1.807) is 0 Å². The van der Waals surface area contributed by atoms with Crippen molar-refractivity contribution in [3.63, 3.8) is 0 Å². The largest absolute Gasteiger partial charge is 0.244 e. The van der Waals surface area contributed by atoms with Crippen molar-refractivity contribution < 1.29 is 0 Å². The van der Waals surface area contributed by atoms with Gasteiger partial charge in [0.15, 0.2) is 0 Å². The van der Waals surface area contributed by atoms with E-state index in [0.29, 0.717) is 0 Å². The maximum atomic E-state index is 4.97. The van der Waals surface area contributed by atoms with Gasteiger partial charge in [-0.25, -0.2) is 9.97 Å². The van der Waals surface area contributed by atoms with E-state index in [1.807, 2.05) is 42.5 Å². The Bertz CT molecular complexity index is 1270. The van der Waals surface area contributed by atoms with E-state index in [-0.39, 0.29) is 0 Å². The molecule has 0 amide bonds. The molecule has 2 heteroatoms. The molecule has 0 spiro atoms. The van der Waals surface area contributed by atoms with Crippen LogP contribution in [-0.4, -0.2) is 9.97 Å². The van der Waals surface area contributed by atoms with Crippen LogP contribution in [0.15, 0.2) is 103 Å². The van der Waals surface area contributed by atoms with Crippen molar-refractivity contribution in [3.05, 3.63) is 109 Å². The van der Waals surface area contributed by atoms with Gasteiger partial charge in [0, 0.05) is 11.1 Å². The Morgan fingerprint density at radius 3 is 1.38 bits per heavy atom. The minimum atomic E-state index is 0.907. The van der Waals surface area contributed by atoms with Gasteiger partial charge in [0.2, 0.25) is 0 Å². The van der Waals surface area contributed by atoms with Crippen LogP contribution in [0.3, 0.4) is 0 Å². The second kappa shape index (κ2) is 7.33. The van der Waals surface area contributed by atoms with Gasteiger partial charge in [-0.1, -0.05) is 96.6 Å². The second-order valence-corrected chi connectivity index (χ2v) is 7.22. The van der Waals surface area contributed by atoms with Crippen molar-refractivity contribution in [3.8, 4) is 33.6 Å². The quantitative estimate of drug-likeness (QED) is 0.343. The third kappa shape index (κ3) is 3.41. The lowest BCUT2D eigenvalue weighted by atomic mass is 9.99. The summed E-state index contributed by atoms with van der Waals surface area (Å²) in [6.07, 6.45) is 0. The Labute approximate surface area is 170 Å². The summed E-state index contributed by atoms with van der Waals surface area (Å²) in [4.78, 5) is 9.92. The van der Waals surface area contributed by atoms with Crippen molar-refractivity contribution in [2.45, 2.75) is 6.92 Å². The first kappa shape index (κ1) is 17.3. The zero-order valence-electron chi connectivity index (χ0n) is 16.2. The SMILES string of the molecule is Cc1ccc(-c2ccc(-c3nc4ccccc4nc3-c3ccccc3)cc2)cc1. The average molecular weight is 372 g/mol. The van der Waals surface area contributed by atoms with Gasteiger partial charge in [0.1, 0.15) is 0 Å². The topological polar surface area (TPSA) is 25.8 Å². The van der Waals surface area contributed by atoms with Crippen LogP contribution in [0.2, 0.25) is 0 Å². The van der Waals surface area contributed by atoms with E-state index >= 15 is 0 Å². The first-order valence-corrected chi connectivity index (χ1v) is 9.78. The van der Waals surface area contributed by atoms with Gasteiger partial charge in [-0.3, -0.25) is 0 Å². The zero-order chi connectivity index (χ0) is 19.6. The van der Waals surface area contributed by atoms with Crippen molar-refractivity contribution in [1.82, 2.24) is 9.97 Å². The fourth-order valence-electron chi connectivity index (χ4n) is 3.57. The summed E-state index contributed by atoms with van der Waals surface area (Å²) in [5.74, 6) is 0. The Hall–Kier alpha value is -3.78. The Kier molecular flexibility index (Phi) is 4.38. The highest BCUT2D eigenvalue weighted by Crippen LogP contribution is 2.32.